The number of benzene rings is 1. The second kappa shape index (κ2) is 9.53. The van der Waals surface area contributed by atoms with Crippen molar-refractivity contribution in [3.63, 3.8) is 0 Å². The van der Waals surface area contributed by atoms with E-state index in [0.29, 0.717) is 34.7 Å². The summed E-state index contributed by atoms with van der Waals surface area (Å²) >= 11 is 0. The Hall–Kier alpha value is -4.06. The lowest BCUT2D eigenvalue weighted by atomic mass is 10.2. The van der Waals surface area contributed by atoms with E-state index in [1.54, 1.807) is 32.3 Å². The Morgan fingerprint density at radius 1 is 1.11 bits per heavy atom. The number of aromatic nitrogens is 6. The molecule has 0 aliphatic carbocycles. The third-order valence-corrected chi connectivity index (χ3v) is 6.47. The minimum absolute atomic E-state index is 0.0230. The van der Waals surface area contributed by atoms with Gasteiger partial charge in [-0.3, -0.25) is 0 Å². The van der Waals surface area contributed by atoms with Gasteiger partial charge in [0.25, 0.3) is 0 Å². The molecule has 36 heavy (non-hydrogen) atoms. The summed E-state index contributed by atoms with van der Waals surface area (Å²) in [4.78, 5) is 16.2. The summed E-state index contributed by atoms with van der Waals surface area (Å²) in [6.07, 6.45) is 5.43. The molecule has 1 fully saturated rings. The highest BCUT2D eigenvalue weighted by Crippen LogP contribution is 2.39. The Morgan fingerprint density at radius 3 is 2.53 bits per heavy atom. The summed E-state index contributed by atoms with van der Waals surface area (Å²) in [6, 6.07) is 3.71. The van der Waals surface area contributed by atoms with Crippen molar-refractivity contribution in [1.82, 2.24) is 29.3 Å². The second-order valence-electron chi connectivity index (χ2n) is 8.63. The molecule has 1 aliphatic rings. The van der Waals surface area contributed by atoms with E-state index in [9.17, 15) is 5.11 Å². The molecule has 0 amide bonds. The number of fused-ring (bicyclic) bond motifs is 1. The molecule has 0 bridgehead atoms. The lowest BCUT2D eigenvalue weighted by Crippen LogP contribution is -2.33. The average Bonchev–Trinajstić information content (AvgIpc) is 3.62. The van der Waals surface area contributed by atoms with E-state index >= 15 is 0 Å². The number of aliphatic hydroxyl groups is 1. The molecule has 1 atom stereocenters. The molecule has 12 nitrogen and oxygen atoms in total. The molecule has 2 N–H and O–H groups in total. The normalized spacial score (nSPS) is 15.5. The van der Waals surface area contributed by atoms with Crippen molar-refractivity contribution < 1.29 is 19.3 Å². The fourth-order valence-corrected chi connectivity index (χ4v) is 4.75. The van der Waals surface area contributed by atoms with Gasteiger partial charge in [0.2, 0.25) is 11.7 Å². The Balaban J connectivity index is 1.51. The predicted molar refractivity (Wildman–Crippen MR) is 135 cm³/mol. The third-order valence-electron chi connectivity index (χ3n) is 6.47. The van der Waals surface area contributed by atoms with Gasteiger partial charge >= 0.3 is 0 Å². The largest absolute Gasteiger partial charge is 0.493 e. The fraction of sp³-hybridized carbons (Fsp3) is 0.417. The molecule has 4 aromatic rings. The summed E-state index contributed by atoms with van der Waals surface area (Å²) in [7, 11) is 6.59. The van der Waals surface area contributed by atoms with Crippen molar-refractivity contribution in [3.05, 3.63) is 30.4 Å². The number of ether oxygens (including phenoxy) is 3. The van der Waals surface area contributed by atoms with Gasteiger partial charge in [0.05, 0.1) is 56.9 Å². The predicted octanol–water partition coefficient (Wildman–Crippen LogP) is 2.59. The van der Waals surface area contributed by atoms with Gasteiger partial charge < -0.3 is 34.1 Å². The summed E-state index contributed by atoms with van der Waals surface area (Å²) in [6.45, 7) is 2.85. The molecule has 3 aromatic heterocycles. The minimum Gasteiger partial charge on any atom is -0.493 e. The standard InChI is InChI=1S/C24H30N8O4/c1-14-20-22(30(2)29-14)27-24(28-23(20)32-8-6-7-15(32)12-33)26-19-11-31(13-25-19)16-9-17(34-3)21(36-5)18(10-16)35-4/h9-11,13,15,33H,6-8,12H2,1-5H3,(H,26,27,28)/t15-/m0/s1. The van der Waals surface area contributed by atoms with Crippen LogP contribution in [0.2, 0.25) is 0 Å². The molecule has 1 aliphatic heterocycles. The molecule has 0 saturated carbocycles. The third kappa shape index (κ3) is 4.02. The van der Waals surface area contributed by atoms with E-state index in [2.05, 4.69) is 20.3 Å². The Bertz CT molecular complexity index is 1370. The first-order chi connectivity index (χ1) is 17.5. The lowest BCUT2D eigenvalue weighted by molar-refractivity contribution is 0.266. The molecule has 0 spiro atoms. The number of nitrogens with one attached hydrogen (secondary N) is 1. The van der Waals surface area contributed by atoms with Crippen LogP contribution in [-0.4, -0.2) is 74.9 Å². The van der Waals surface area contributed by atoms with Crippen LogP contribution >= 0.6 is 0 Å². The highest BCUT2D eigenvalue weighted by Gasteiger charge is 2.29. The first-order valence-electron chi connectivity index (χ1n) is 11.7. The second-order valence-corrected chi connectivity index (χ2v) is 8.63. The van der Waals surface area contributed by atoms with Crippen LogP contribution in [0.15, 0.2) is 24.7 Å². The number of nitrogens with zero attached hydrogens (tertiary/aromatic N) is 7. The van der Waals surface area contributed by atoms with Gasteiger partial charge in [-0.05, 0) is 19.8 Å². The molecule has 190 valence electrons. The van der Waals surface area contributed by atoms with Gasteiger partial charge in [-0.25, -0.2) is 9.67 Å². The van der Waals surface area contributed by atoms with Crippen LogP contribution in [0, 0.1) is 6.92 Å². The number of hydrogen-bond acceptors (Lipinski definition) is 10. The number of imidazole rings is 1. The van der Waals surface area contributed by atoms with Crippen LogP contribution in [0.1, 0.15) is 18.5 Å². The van der Waals surface area contributed by atoms with Crippen LogP contribution in [0.4, 0.5) is 17.6 Å². The highest BCUT2D eigenvalue weighted by molar-refractivity contribution is 5.91. The maximum absolute atomic E-state index is 9.91. The fourth-order valence-electron chi connectivity index (χ4n) is 4.75. The first kappa shape index (κ1) is 23.7. The van der Waals surface area contributed by atoms with Crippen LogP contribution in [0.25, 0.3) is 16.7 Å². The zero-order valence-corrected chi connectivity index (χ0v) is 21.0. The topological polar surface area (TPSA) is 125 Å². The molecule has 5 rings (SSSR count). The summed E-state index contributed by atoms with van der Waals surface area (Å²) in [5.41, 5.74) is 2.35. The number of aryl methyl sites for hydroxylation is 2. The van der Waals surface area contributed by atoms with Gasteiger partial charge in [0.1, 0.15) is 12.1 Å². The summed E-state index contributed by atoms with van der Waals surface area (Å²) in [5, 5.41) is 18.6. The van der Waals surface area contributed by atoms with Gasteiger partial charge in [-0.2, -0.15) is 15.1 Å². The zero-order chi connectivity index (χ0) is 25.4. The monoisotopic (exact) mass is 494 g/mol. The van der Waals surface area contributed by atoms with Crippen molar-refractivity contribution in [2.75, 3.05) is 44.7 Å². The van der Waals surface area contributed by atoms with Gasteiger partial charge in [0, 0.05) is 25.7 Å². The molecule has 0 radical (unpaired) electrons. The average molecular weight is 495 g/mol. The number of anilines is 3. The SMILES string of the molecule is COc1cc(-n2cnc(Nc3nc(N4CCC[C@H]4CO)c4c(C)nn(C)c4n3)c2)cc(OC)c1OC. The molecule has 0 unspecified atom stereocenters. The van der Waals surface area contributed by atoms with E-state index in [-0.39, 0.29) is 12.6 Å². The Labute approximate surface area is 208 Å². The molecular weight excluding hydrogens is 464 g/mol. The van der Waals surface area contributed by atoms with Gasteiger partial charge in [0.15, 0.2) is 23.0 Å². The van der Waals surface area contributed by atoms with Gasteiger partial charge in [-0.1, -0.05) is 0 Å². The van der Waals surface area contributed by atoms with Crippen LogP contribution in [-0.2, 0) is 7.05 Å². The van der Waals surface area contributed by atoms with Crippen molar-refractivity contribution in [2.24, 2.45) is 7.05 Å². The highest BCUT2D eigenvalue weighted by atomic mass is 16.5. The molecule has 1 saturated heterocycles. The summed E-state index contributed by atoms with van der Waals surface area (Å²) < 4.78 is 19.9. The summed E-state index contributed by atoms with van der Waals surface area (Å²) in [5.74, 6) is 3.35. The van der Waals surface area contributed by atoms with Crippen LogP contribution in [0.5, 0.6) is 17.2 Å². The quantitative estimate of drug-likeness (QED) is 0.378. The number of methoxy groups -OCH3 is 3. The number of aliphatic hydroxyl groups excluding tert-OH is 1. The van der Waals surface area contributed by atoms with E-state index in [1.165, 1.54) is 0 Å². The van der Waals surface area contributed by atoms with Crippen molar-refractivity contribution >= 4 is 28.6 Å². The first-order valence-corrected chi connectivity index (χ1v) is 11.7. The van der Waals surface area contributed by atoms with Crippen LogP contribution in [0.3, 0.4) is 0 Å². The smallest absolute Gasteiger partial charge is 0.232 e. The van der Waals surface area contributed by atoms with E-state index in [4.69, 9.17) is 24.2 Å². The maximum atomic E-state index is 9.91. The van der Waals surface area contributed by atoms with Crippen LogP contribution < -0.4 is 24.4 Å². The number of rotatable bonds is 8. The van der Waals surface area contributed by atoms with Crippen molar-refractivity contribution in [1.29, 1.82) is 0 Å². The maximum Gasteiger partial charge on any atom is 0.232 e. The minimum atomic E-state index is 0.0230. The Kier molecular flexibility index (Phi) is 6.27. The molecular formula is C24H30N8O4. The van der Waals surface area contributed by atoms with E-state index in [1.807, 2.05) is 36.9 Å². The van der Waals surface area contributed by atoms with E-state index < -0.39 is 0 Å². The van der Waals surface area contributed by atoms with Crippen molar-refractivity contribution in [2.45, 2.75) is 25.8 Å². The van der Waals surface area contributed by atoms with E-state index in [0.717, 1.165) is 42.0 Å². The zero-order valence-electron chi connectivity index (χ0n) is 21.0. The van der Waals surface area contributed by atoms with Gasteiger partial charge in [-0.15, -0.1) is 0 Å². The number of hydrogen-bond donors (Lipinski definition) is 2. The Morgan fingerprint density at radius 2 is 1.86 bits per heavy atom. The molecule has 1 aromatic carbocycles. The molecule has 4 heterocycles. The molecule has 12 heteroatoms. The van der Waals surface area contributed by atoms with Crippen molar-refractivity contribution in [3.8, 4) is 22.9 Å². The lowest BCUT2D eigenvalue weighted by Gasteiger charge is -2.25.